The first-order valence-corrected chi connectivity index (χ1v) is 6.37. The summed E-state index contributed by atoms with van der Waals surface area (Å²) in [7, 11) is 0. The van der Waals surface area contributed by atoms with Gasteiger partial charge in [0.05, 0.1) is 10.6 Å². The first-order chi connectivity index (χ1) is 10.1. The van der Waals surface area contributed by atoms with Crippen LogP contribution in [0.3, 0.4) is 0 Å². The lowest BCUT2D eigenvalue weighted by Crippen LogP contribution is -2.34. The highest BCUT2D eigenvalue weighted by Gasteiger charge is 2.18. The van der Waals surface area contributed by atoms with E-state index in [9.17, 15) is 14.9 Å². The van der Waals surface area contributed by atoms with E-state index in [1.807, 2.05) is 6.92 Å². The van der Waals surface area contributed by atoms with Gasteiger partial charge in [-0.1, -0.05) is 13.0 Å². The minimum Gasteiger partial charge on any atom is -0.311 e. The normalized spacial score (nSPS) is 10.3. The van der Waals surface area contributed by atoms with Crippen molar-refractivity contribution in [2.75, 3.05) is 11.4 Å². The van der Waals surface area contributed by atoms with Crippen LogP contribution in [0.5, 0.6) is 0 Å². The molecule has 0 bridgehead atoms. The molecule has 2 aromatic rings. The SMILES string of the molecule is CCCN(C(=O)Cn1cnnn1)c1cccc([N+](=O)[O-])c1. The third-order valence-corrected chi connectivity index (χ3v) is 2.79. The number of nitrogens with zero attached hydrogens (tertiary/aromatic N) is 6. The Hall–Kier alpha value is -2.84. The van der Waals surface area contributed by atoms with E-state index in [-0.39, 0.29) is 18.1 Å². The topological polar surface area (TPSA) is 107 Å². The summed E-state index contributed by atoms with van der Waals surface area (Å²) in [5.74, 6) is -0.232. The van der Waals surface area contributed by atoms with E-state index >= 15 is 0 Å². The fourth-order valence-electron chi connectivity index (χ4n) is 1.87. The number of non-ortho nitro benzene ring substituents is 1. The lowest BCUT2D eigenvalue weighted by Gasteiger charge is -2.21. The molecule has 1 heterocycles. The van der Waals surface area contributed by atoms with Gasteiger partial charge >= 0.3 is 0 Å². The van der Waals surface area contributed by atoms with Crippen molar-refractivity contribution in [2.45, 2.75) is 19.9 Å². The number of carbonyl (C=O) groups excluding carboxylic acids is 1. The summed E-state index contributed by atoms with van der Waals surface area (Å²) in [5.41, 5.74) is 0.438. The van der Waals surface area contributed by atoms with Crippen molar-refractivity contribution in [2.24, 2.45) is 0 Å². The van der Waals surface area contributed by atoms with Gasteiger partial charge in [-0.25, -0.2) is 4.68 Å². The number of aromatic nitrogens is 4. The van der Waals surface area contributed by atoms with Crippen LogP contribution in [-0.4, -0.2) is 37.6 Å². The third kappa shape index (κ3) is 3.59. The maximum absolute atomic E-state index is 12.3. The van der Waals surface area contributed by atoms with E-state index in [2.05, 4.69) is 15.5 Å². The maximum Gasteiger partial charge on any atom is 0.271 e. The zero-order chi connectivity index (χ0) is 15.2. The fourth-order valence-corrected chi connectivity index (χ4v) is 1.87. The molecule has 21 heavy (non-hydrogen) atoms. The van der Waals surface area contributed by atoms with Crippen molar-refractivity contribution in [3.8, 4) is 0 Å². The average Bonchev–Trinajstić information content (AvgIpc) is 2.97. The van der Waals surface area contributed by atoms with Gasteiger partial charge in [-0.3, -0.25) is 14.9 Å². The van der Waals surface area contributed by atoms with Crippen LogP contribution in [-0.2, 0) is 11.3 Å². The summed E-state index contributed by atoms with van der Waals surface area (Å²) in [6.07, 6.45) is 2.07. The van der Waals surface area contributed by atoms with Gasteiger partial charge in [0.2, 0.25) is 5.91 Å². The Bertz CT molecular complexity index is 628. The highest BCUT2D eigenvalue weighted by atomic mass is 16.6. The molecule has 9 heteroatoms. The van der Waals surface area contributed by atoms with E-state index in [1.54, 1.807) is 12.1 Å². The Labute approximate surface area is 120 Å². The lowest BCUT2D eigenvalue weighted by molar-refractivity contribution is -0.384. The Morgan fingerprint density at radius 3 is 2.90 bits per heavy atom. The summed E-state index contributed by atoms with van der Waals surface area (Å²) in [4.78, 5) is 24.2. The van der Waals surface area contributed by atoms with Gasteiger partial charge in [-0.05, 0) is 22.9 Å². The summed E-state index contributed by atoms with van der Waals surface area (Å²) in [6.45, 7) is 2.37. The molecule has 0 saturated carbocycles. The third-order valence-electron chi connectivity index (χ3n) is 2.79. The largest absolute Gasteiger partial charge is 0.311 e. The molecule has 1 amide bonds. The number of nitro benzene ring substituents is 1. The molecule has 2 rings (SSSR count). The standard InChI is InChI=1S/C12H14N6O3/c1-2-6-17(12(19)8-16-9-13-14-15-16)10-4-3-5-11(7-10)18(20)21/h3-5,7,9H,2,6,8H2,1H3. The van der Waals surface area contributed by atoms with Gasteiger partial charge in [-0.15, -0.1) is 5.10 Å². The summed E-state index contributed by atoms with van der Waals surface area (Å²) >= 11 is 0. The molecule has 0 N–H and O–H groups in total. The monoisotopic (exact) mass is 290 g/mol. The number of rotatable bonds is 6. The molecule has 0 saturated heterocycles. The molecule has 0 unspecified atom stereocenters. The zero-order valence-corrected chi connectivity index (χ0v) is 11.4. The van der Waals surface area contributed by atoms with Crippen LogP contribution in [0.2, 0.25) is 0 Å². The van der Waals surface area contributed by atoms with Crippen molar-refractivity contribution in [3.05, 3.63) is 40.7 Å². The van der Waals surface area contributed by atoms with Crippen LogP contribution < -0.4 is 4.90 Å². The van der Waals surface area contributed by atoms with Crippen LogP contribution in [0.25, 0.3) is 0 Å². The lowest BCUT2D eigenvalue weighted by atomic mass is 10.2. The van der Waals surface area contributed by atoms with Crippen LogP contribution in [0.4, 0.5) is 11.4 Å². The quantitative estimate of drug-likeness (QED) is 0.580. The Morgan fingerprint density at radius 2 is 2.29 bits per heavy atom. The smallest absolute Gasteiger partial charge is 0.271 e. The molecule has 1 aromatic heterocycles. The highest BCUT2D eigenvalue weighted by molar-refractivity contribution is 5.93. The van der Waals surface area contributed by atoms with Crippen LogP contribution in [0.1, 0.15) is 13.3 Å². The highest BCUT2D eigenvalue weighted by Crippen LogP contribution is 2.21. The molecule has 0 atom stereocenters. The Morgan fingerprint density at radius 1 is 1.48 bits per heavy atom. The van der Waals surface area contributed by atoms with Gasteiger partial charge in [0.15, 0.2) is 0 Å². The van der Waals surface area contributed by atoms with E-state index < -0.39 is 4.92 Å². The van der Waals surface area contributed by atoms with Crippen LogP contribution in [0.15, 0.2) is 30.6 Å². The molecule has 0 aliphatic heterocycles. The summed E-state index contributed by atoms with van der Waals surface area (Å²) < 4.78 is 1.31. The molecule has 0 aliphatic carbocycles. The van der Waals surface area contributed by atoms with E-state index in [4.69, 9.17) is 0 Å². The summed E-state index contributed by atoms with van der Waals surface area (Å²) in [5, 5.41) is 21.4. The minimum atomic E-state index is -0.487. The van der Waals surface area contributed by atoms with Gasteiger partial charge < -0.3 is 4.90 Å². The number of nitro groups is 1. The molecule has 0 radical (unpaired) electrons. The molecule has 9 nitrogen and oxygen atoms in total. The van der Waals surface area contributed by atoms with E-state index in [0.717, 1.165) is 6.42 Å². The number of hydrogen-bond acceptors (Lipinski definition) is 6. The number of amides is 1. The molecule has 0 aliphatic rings. The second kappa shape index (κ2) is 6.55. The van der Waals surface area contributed by atoms with Gasteiger partial charge in [0.1, 0.15) is 12.9 Å². The second-order valence-electron chi connectivity index (χ2n) is 4.33. The van der Waals surface area contributed by atoms with Crippen molar-refractivity contribution < 1.29 is 9.72 Å². The first kappa shape index (κ1) is 14.6. The van der Waals surface area contributed by atoms with Gasteiger partial charge in [0.25, 0.3) is 5.69 Å². The van der Waals surface area contributed by atoms with Crippen molar-refractivity contribution in [1.82, 2.24) is 20.2 Å². The van der Waals surface area contributed by atoms with E-state index in [0.29, 0.717) is 12.2 Å². The van der Waals surface area contributed by atoms with Crippen molar-refractivity contribution in [3.63, 3.8) is 0 Å². The van der Waals surface area contributed by atoms with Gasteiger partial charge in [-0.2, -0.15) is 0 Å². The van der Waals surface area contributed by atoms with E-state index in [1.165, 1.54) is 28.0 Å². The molecule has 110 valence electrons. The predicted molar refractivity (Wildman–Crippen MR) is 73.6 cm³/mol. The number of tetrazole rings is 1. The number of hydrogen-bond donors (Lipinski definition) is 0. The number of carbonyl (C=O) groups is 1. The summed E-state index contributed by atoms with van der Waals surface area (Å²) in [6, 6.07) is 5.99. The molecular weight excluding hydrogens is 276 g/mol. The maximum atomic E-state index is 12.3. The minimum absolute atomic E-state index is 0.0182. The Balaban J connectivity index is 2.23. The fraction of sp³-hybridized carbons (Fsp3) is 0.333. The van der Waals surface area contributed by atoms with Crippen molar-refractivity contribution >= 4 is 17.3 Å². The van der Waals surface area contributed by atoms with Crippen LogP contribution in [0, 0.1) is 10.1 Å². The molecule has 0 spiro atoms. The molecule has 0 fully saturated rings. The second-order valence-corrected chi connectivity index (χ2v) is 4.33. The first-order valence-electron chi connectivity index (χ1n) is 6.37. The average molecular weight is 290 g/mol. The van der Waals surface area contributed by atoms with Gasteiger partial charge in [0, 0.05) is 18.7 Å². The molecule has 1 aromatic carbocycles. The molecular formula is C12H14N6O3. The number of anilines is 1. The Kier molecular flexibility index (Phi) is 4.54. The predicted octanol–water partition coefficient (Wildman–Crippen LogP) is 1.02. The van der Waals surface area contributed by atoms with Crippen LogP contribution >= 0.6 is 0 Å². The zero-order valence-electron chi connectivity index (χ0n) is 11.4. The van der Waals surface area contributed by atoms with Crippen molar-refractivity contribution in [1.29, 1.82) is 0 Å². The number of benzene rings is 1.